The van der Waals surface area contributed by atoms with Crippen molar-refractivity contribution in [3.8, 4) is 0 Å². The smallest absolute Gasteiger partial charge is 0.104 e. The fourth-order valence-electron chi connectivity index (χ4n) is 1.86. The van der Waals surface area contributed by atoms with Crippen molar-refractivity contribution < 1.29 is 44.8 Å². The summed E-state index contributed by atoms with van der Waals surface area (Å²) < 4.78 is 15.1. The van der Waals surface area contributed by atoms with Crippen LogP contribution in [0.25, 0.3) is 0 Å². The highest BCUT2D eigenvalue weighted by Gasteiger charge is 2.26. The first-order valence-electron chi connectivity index (χ1n) is 11.2. The molecule has 0 aromatic rings. The third kappa shape index (κ3) is 35.1. The minimum Gasteiger partial charge on any atom is -0.396 e. The van der Waals surface area contributed by atoms with Crippen molar-refractivity contribution in [3.05, 3.63) is 0 Å². The van der Waals surface area contributed by atoms with E-state index < -0.39 is 0 Å². The van der Waals surface area contributed by atoms with Gasteiger partial charge in [0, 0.05) is 39.6 Å². The van der Waals surface area contributed by atoms with Crippen molar-refractivity contribution in [3.63, 3.8) is 0 Å². The van der Waals surface area contributed by atoms with Gasteiger partial charge in [0.25, 0.3) is 0 Å². The van der Waals surface area contributed by atoms with E-state index in [0.717, 1.165) is 84.2 Å². The lowest BCUT2D eigenvalue weighted by Gasteiger charge is -1.95. The van der Waals surface area contributed by atoms with Crippen LogP contribution in [0, 0.1) is 0 Å². The van der Waals surface area contributed by atoms with Gasteiger partial charge in [-0.05, 0) is 57.8 Å². The minimum atomic E-state index is 0.250. The molecule has 9 heteroatoms. The van der Waals surface area contributed by atoms with Crippen LogP contribution < -0.4 is 0 Å². The van der Waals surface area contributed by atoms with E-state index in [2.05, 4.69) is 0 Å². The molecule has 184 valence electrons. The van der Waals surface area contributed by atoms with Crippen LogP contribution in [0.3, 0.4) is 0 Å². The number of rotatable bonds is 16. The molecule has 0 bridgehead atoms. The van der Waals surface area contributed by atoms with E-state index in [0.29, 0.717) is 12.2 Å². The van der Waals surface area contributed by atoms with Crippen molar-refractivity contribution in [2.24, 2.45) is 0 Å². The third-order valence-corrected chi connectivity index (χ3v) is 3.86. The average Bonchev–Trinajstić information content (AvgIpc) is 3.67. The van der Waals surface area contributed by atoms with Gasteiger partial charge in [-0.15, -0.1) is 0 Å². The normalized spacial score (nSPS) is 18.2. The predicted molar refractivity (Wildman–Crippen MR) is 114 cm³/mol. The summed E-state index contributed by atoms with van der Waals surface area (Å²) in [6.45, 7) is 4.76. The molecule has 2 heterocycles. The zero-order valence-electron chi connectivity index (χ0n) is 18.5. The van der Waals surface area contributed by atoms with Crippen LogP contribution in [0.1, 0.15) is 57.8 Å². The molecule has 30 heavy (non-hydrogen) atoms. The van der Waals surface area contributed by atoms with Gasteiger partial charge in [0.2, 0.25) is 0 Å². The van der Waals surface area contributed by atoms with Gasteiger partial charge in [0.05, 0.1) is 26.4 Å². The second-order valence-electron chi connectivity index (χ2n) is 6.97. The summed E-state index contributed by atoms with van der Waals surface area (Å²) in [5, 5.41) is 49.3. The molecule has 2 unspecified atom stereocenters. The van der Waals surface area contributed by atoms with E-state index >= 15 is 0 Å². The molecule has 2 saturated heterocycles. The molecule has 0 aliphatic carbocycles. The molecule has 2 aliphatic heterocycles. The van der Waals surface area contributed by atoms with Crippen LogP contribution >= 0.6 is 0 Å². The van der Waals surface area contributed by atoms with E-state index in [1.807, 2.05) is 0 Å². The molecule has 2 rings (SSSR count). The summed E-state index contributed by atoms with van der Waals surface area (Å²) in [6, 6.07) is 0. The number of hydrogen-bond acceptors (Lipinski definition) is 9. The van der Waals surface area contributed by atoms with Crippen molar-refractivity contribution in [2.75, 3.05) is 66.1 Å². The lowest BCUT2D eigenvalue weighted by Crippen LogP contribution is -2.06. The summed E-state index contributed by atoms with van der Waals surface area (Å²) in [6.07, 6.45) is 8.52. The van der Waals surface area contributed by atoms with Gasteiger partial charge in [-0.25, -0.2) is 0 Å². The van der Waals surface area contributed by atoms with E-state index in [-0.39, 0.29) is 39.6 Å². The molecule has 0 radical (unpaired) electrons. The van der Waals surface area contributed by atoms with E-state index in [4.69, 9.17) is 44.8 Å². The van der Waals surface area contributed by atoms with Crippen molar-refractivity contribution in [2.45, 2.75) is 70.0 Å². The lowest BCUT2D eigenvalue weighted by atomic mass is 10.2. The van der Waals surface area contributed by atoms with Crippen LogP contribution in [-0.2, 0) is 14.2 Å². The first-order valence-corrected chi connectivity index (χ1v) is 11.2. The van der Waals surface area contributed by atoms with Crippen molar-refractivity contribution >= 4 is 0 Å². The number of ether oxygens (including phenoxy) is 3. The molecule has 9 nitrogen and oxygen atoms in total. The SMILES string of the molecule is C(OCC1CO1)C1CO1.OCCCCCO.OCCCCCO.OCCCCCO. The van der Waals surface area contributed by atoms with Crippen LogP contribution in [0.15, 0.2) is 0 Å². The summed E-state index contributed by atoms with van der Waals surface area (Å²) in [5.41, 5.74) is 0. The Balaban J connectivity index is 0. The Morgan fingerprint density at radius 2 is 0.700 bits per heavy atom. The molecular weight excluding hydrogens is 396 g/mol. The number of aliphatic hydroxyl groups is 6. The van der Waals surface area contributed by atoms with Crippen LogP contribution in [0.5, 0.6) is 0 Å². The summed E-state index contributed by atoms with van der Waals surface area (Å²) in [7, 11) is 0. The van der Waals surface area contributed by atoms with E-state index in [1.165, 1.54) is 0 Å². The number of unbranched alkanes of at least 4 members (excludes halogenated alkanes) is 6. The molecule has 2 atom stereocenters. The number of aliphatic hydroxyl groups excluding tert-OH is 6. The van der Waals surface area contributed by atoms with Crippen LogP contribution in [0.2, 0.25) is 0 Å². The van der Waals surface area contributed by atoms with Crippen molar-refractivity contribution in [1.82, 2.24) is 0 Å². The second-order valence-corrected chi connectivity index (χ2v) is 6.97. The maximum atomic E-state index is 8.21. The van der Waals surface area contributed by atoms with Crippen LogP contribution in [0.4, 0.5) is 0 Å². The Morgan fingerprint density at radius 3 is 0.867 bits per heavy atom. The van der Waals surface area contributed by atoms with Crippen molar-refractivity contribution in [1.29, 1.82) is 0 Å². The summed E-state index contributed by atoms with van der Waals surface area (Å²) >= 11 is 0. The van der Waals surface area contributed by atoms with Gasteiger partial charge >= 0.3 is 0 Å². The number of epoxide rings is 2. The maximum absolute atomic E-state index is 8.21. The Kier molecular flexibility index (Phi) is 30.4. The Labute approximate surface area is 181 Å². The molecule has 2 aliphatic rings. The van der Waals surface area contributed by atoms with Gasteiger partial charge in [0.15, 0.2) is 0 Å². The lowest BCUT2D eigenvalue weighted by molar-refractivity contribution is 0.102. The Hall–Kier alpha value is -0.360. The van der Waals surface area contributed by atoms with E-state index in [9.17, 15) is 0 Å². The first-order chi connectivity index (χ1) is 14.7. The topological polar surface area (TPSA) is 156 Å². The molecule has 0 aromatic carbocycles. The second kappa shape index (κ2) is 28.6. The largest absolute Gasteiger partial charge is 0.396 e. The monoisotopic (exact) mass is 442 g/mol. The fourth-order valence-corrected chi connectivity index (χ4v) is 1.86. The molecular formula is C21H46O9. The highest BCUT2D eigenvalue weighted by Crippen LogP contribution is 2.12. The van der Waals surface area contributed by atoms with Gasteiger partial charge in [-0.1, -0.05) is 0 Å². The first kappa shape index (κ1) is 31.8. The Morgan fingerprint density at radius 1 is 0.467 bits per heavy atom. The standard InChI is InChI=1S/C6H10O3.3C5H12O2/c1(5-3-8-5)7-2-6-4-9-6;3*6-4-2-1-3-5-7/h5-6H,1-4H2;3*6-7H,1-5H2. The molecule has 6 N–H and O–H groups in total. The molecule has 0 aromatic heterocycles. The van der Waals surface area contributed by atoms with Crippen LogP contribution in [-0.4, -0.2) is 109 Å². The molecule has 2 fully saturated rings. The summed E-state index contributed by atoms with van der Waals surface area (Å²) in [5.74, 6) is 0. The molecule has 0 spiro atoms. The van der Waals surface area contributed by atoms with Gasteiger partial charge in [-0.3, -0.25) is 0 Å². The van der Waals surface area contributed by atoms with Gasteiger partial charge in [0.1, 0.15) is 12.2 Å². The predicted octanol–water partition coefficient (Wildman–Crippen LogP) is 0.225. The highest BCUT2D eigenvalue weighted by atomic mass is 16.6. The molecule has 0 amide bonds. The highest BCUT2D eigenvalue weighted by molar-refractivity contribution is 4.71. The Bertz CT molecular complexity index is 240. The summed E-state index contributed by atoms with van der Waals surface area (Å²) in [4.78, 5) is 0. The fraction of sp³-hybridized carbons (Fsp3) is 1.00. The van der Waals surface area contributed by atoms with Gasteiger partial charge in [-0.2, -0.15) is 0 Å². The maximum Gasteiger partial charge on any atom is 0.104 e. The quantitative estimate of drug-likeness (QED) is 0.145. The van der Waals surface area contributed by atoms with Gasteiger partial charge < -0.3 is 44.8 Å². The minimum absolute atomic E-state index is 0.250. The zero-order chi connectivity index (χ0) is 22.7. The third-order valence-electron chi connectivity index (χ3n) is 3.86. The number of hydrogen-bond donors (Lipinski definition) is 6. The zero-order valence-corrected chi connectivity index (χ0v) is 18.5. The van der Waals surface area contributed by atoms with E-state index in [1.54, 1.807) is 0 Å². The molecule has 0 saturated carbocycles. The average molecular weight is 443 g/mol.